The Labute approximate surface area is 76.4 Å². The number of amides is 3. The zero-order valence-electron chi connectivity index (χ0n) is 7.46. The highest BCUT2D eigenvalue weighted by atomic mass is 16.2. The molecule has 4 N–H and O–H groups in total. The van der Waals surface area contributed by atoms with Crippen molar-refractivity contribution in [3.63, 3.8) is 0 Å². The fraction of sp³-hybridized carbons (Fsp3) is 0.500. The second-order valence-corrected chi connectivity index (χ2v) is 3.11. The summed E-state index contributed by atoms with van der Waals surface area (Å²) in [6.07, 6.45) is 1.60. The third-order valence-corrected chi connectivity index (χ3v) is 2.42. The van der Waals surface area contributed by atoms with Crippen molar-refractivity contribution < 1.29 is 9.59 Å². The number of imide groups is 1. The van der Waals surface area contributed by atoms with E-state index in [1.165, 1.54) is 0 Å². The van der Waals surface area contributed by atoms with E-state index in [0.29, 0.717) is 0 Å². The van der Waals surface area contributed by atoms with E-state index in [1.54, 1.807) is 13.0 Å². The summed E-state index contributed by atoms with van der Waals surface area (Å²) in [5.41, 5.74) is 4.46. The van der Waals surface area contributed by atoms with Gasteiger partial charge in [0.1, 0.15) is 5.54 Å². The van der Waals surface area contributed by atoms with Crippen LogP contribution in [0.2, 0.25) is 0 Å². The van der Waals surface area contributed by atoms with Gasteiger partial charge in [0, 0.05) is 12.5 Å². The van der Waals surface area contributed by atoms with Gasteiger partial charge in [-0.25, -0.2) is 4.79 Å². The highest BCUT2D eigenvalue weighted by Crippen LogP contribution is 2.20. The van der Waals surface area contributed by atoms with E-state index in [-0.39, 0.29) is 18.4 Å². The number of carbonyl (C=O) groups is 2. The second kappa shape index (κ2) is 3.18. The molecule has 5 nitrogen and oxygen atoms in total. The normalized spacial score (nSPS) is 29.4. The van der Waals surface area contributed by atoms with Crippen LogP contribution >= 0.6 is 0 Å². The van der Waals surface area contributed by atoms with Crippen LogP contribution < -0.4 is 16.4 Å². The van der Waals surface area contributed by atoms with Crippen LogP contribution in [0, 0.1) is 5.92 Å². The molecule has 0 aliphatic carbocycles. The molecule has 0 bridgehead atoms. The average Bonchev–Trinajstić information content (AvgIpc) is 2.40. The third-order valence-electron chi connectivity index (χ3n) is 2.42. The lowest BCUT2D eigenvalue weighted by Gasteiger charge is -2.28. The van der Waals surface area contributed by atoms with E-state index in [9.17, 15) is 9.59 Å². The van der Waals surface area contributed by atoms with Crippen molar-refractivity contribution in [2.45, 2.75) is 12.5 Å². The zero-order chi connectivity index (χ0) is 10.1. The smallest absolute Gasteiger partial charge is 0.322 e. The van der Waals surface area contributed by atoms with E-state index in [0.717, 1.165) is 0 Å². The van der Waals surface area contributed by atoms with Crippen molar-refractivity contribution >= 4 is 11.9 Å². The summed E-state index contributed by atoms with van der Waals surface area (Å²) in [6, 6.07) is -0.496. The summed E-state index contributed by atoms with van der Waals surface area (Å²) in [6.45, 7) is 5.42. The number of rotatable bonds is 3. The van der Waals surface area contributed by atoms with Gasteiger partial charge in [-0.1, -0.05) is 13.0 Å². The Morgan fingerprint density at radius 1 is 1.69 bits per heavy atom. The van der Waals surface area contributed by atoms with Crippen molar-refractivity contribution in [3.8, 4) is 0 Å². The minimum Gasteiger partial charge on any atom is -0.328 e. The van der Waals surface area contributed by atoms with Crippen LogP contribution in [0.3, 0.4) is 0 Å². The molecule has 0 radical (unpaired) electrons. The van der Waals surface area contributed by atoms with Gasteiger partial charge in [0.25, 0.3) is 5.91 Å². The van der Waals surface area contributed by atoms with E-state index >= 15 is 0 Å². The molecule has 2 atom stereocenters. The van der Waals surface area contributed by atoms with Crippen LogP contribution in [-0.4, -0.2) is 24.0 Å². The molecule has 0 saturated carbocycles. The molecule has 1 aliphatic heterocycles. The number of urea groups is 1. The SMILES string of the molecule is C=CC(C)C1(CN)NC(=O)NC1=O. The predicted molar refractivity (Wildman–Crippen MR) is 47.8 cm³/mol. The lowest BCUT2D eigenvalue weighted by atomic mass is 9.85. The number of carbonyl (C=O) groups excluding carboxylic acids is 2. The van der Waals surface area contributed by atoms with Gasteiger partial charge in [-0.2, -0.15) is 0 Å². The minimum absolute atomic E-state index is 0.0672. The predicted octanol–water partition coefficient (Wildman–Crippen LogP) is -0.655. The summed E-state index contributed by atoms with van der Waals surface area (Å²) in [5, 5.41) is 4.68. The maximum absolute atomic E-state index is 11.4. The third kappa shape index (κ3) is 1.31. The first-order chi connectivity index (χ1) is 6.06. The highest BCUT2D eigenvalue weighted by molar-refractivity contribution is 6.07. The van der Waals surface area contributed by atoms with Crippen molar-refractivity contribution in [1.29, 1.82) is 0 Å². The first-order valence-corrected chi connectivity index (χ1v) is 4.03. The van der Waals surface area contributed by atoms with Crippen molar-refractivity contribution in [2.75, 3.05) is 6.54 Å². The molecule has 1 fully saturated rings. The quantitative estimate of drug-likeness (QED) is 0.401. The van der Waals surface area contributed by atoms with Crippen LogP contribution in [-0.2, 0) is 4.79 Å². The zero-order valence-corrected chi connectivity index (χ0v) is 7.46. The molecule has 5 heteroatoms. The van der Waals surface area contributed by atoms with E-state index in [1.807, 2.05) is 0 Å². The molecule has 3 amide bonds. The van der Waals surface area contributed by atoms with Crippen LogP contribution in [0.1, 0.15) is 6.92 Å². The van der Waals surface area contributed by atoms with Crippen LogP contribution in [0.4, 0.5) is 4.79 Å². The summed E-state index contributed by atoms with van der Waals surface area (Å²) >= 11 is 0. The topological polar surface area (TPSA) is 84.2 Å². The molecule has 0 spiro atoms. The molecule has 1 rings (SSSR count). The number of nitrogens with one attached hydrogen (secondary N) is 2. The molecular formula is C8H13N3O2. The molecule has 2 unspecified atom stereocenters. The lowest BCUT2D eigenvalue weighted by molar-refractivity contribution is -0.124. The van der Waals surface area contributed by atoms with Gasteiger partial charge in [0.2, 0.25) is 0 Å². The van der Waals surface area contributed by atoms with Gasteiger partial charge >= 0.3 is 6.03 Å². The minimum atomic E-state index is -1.02. The molecular weight excluding hydrogens is 170 g/mol. The number of hydrogen-bond donors (Lipinski definition) is 3. The van der Waals surface area contributed by atoms with Crippen molar-refractivity contribution in [2.24, 2.45) is 11.7 Å². The van der Waals surface area contributed by atoms with E-state index in [2.05, 4.69) is 17.2 Å². The maximum Gasteiger partial charge on any atom is 0.322 e. The summed E-state index contributed by atoms with van der Waals surface area (Å²) in [4.78, 5) is 22.3. The molecule has 0 aromatic rings. The van der Waals surface area contributed by atoms with Crippen LogP contribution in [0.5, 0.6) is 0 Å². The van der Waals surface area contributed by atoms with Crippen molar-refractivity contribution in [3.05, 3.63) is 12.7 Å². The summed E-state index contributed by atoms with van der Waals surface area (Å²) < 4.78 is 0. The lowest BCUT2D eigenvalue weighted by Crippen LogP contribution is -2.57. The Hall–Kier alpha value is -1.36. The van der Waals surface area contributed by atoms with Crippen LogP contribution in [0.15, 0.2) is 12.7 Å². The Kier molecular flexibility index (Phi) is 2.38. The number of nitrogens with two attached hydrogens (primary N) is 1. The van der Waals surface area contributed by atoms with Gasteiger partial charge in [0.15, 0.2) is 0 Å². The first kappa shape index (κ1) is 9.73. The molecule has 0 aromatic heterocycles. The Morgan fingerprint density at radius 2 is 2.31 bits per heavy atom. The monoisotopic (exact) mass is 183 g/mol. The first-order valence-electron chi connectivity index (χ1n) is 4.03. The molecule has 0 aromatic carbocycles. The Balaban J connectivity index is 2.99. The molecule has 1 heterocycles. The van der Waals surface area contributed by atoms with Gasteiger partial charge < -0.3 is 11.1 Å². The molecule has 1 aliphatic rings. The van der Waals surface area contributed by atoms with Gasteiger partial charge in [0.05, 0.1) is 0 Å². The summed E-state index contributed by atoms with van der Waals surface area (Å²) in [7, 11) is 0. The van der Waals surface area contributed by atoms with Gasteiger partial charge in [-0.15, -0.1) is 6.58 Å². The average molecular weight is 183 g/mol. The molecule has 1 saturated heterocycles. The molecule has 13 heavy (non-hydrogen) atoms. The van der Waals surface area contributed by atoms with Crippen LogP contribution in [0.25, 0.3) is 0 Å². The fourth-order valence-corrected chi connectivity index (χ4v) is 1.36. The Morgan fingerprint density at radius 3 is 2.62 bits per heavy atom. The maximum atomic E-state index is 11.4. The van der Waals surface area contributed by atoms with Gasteiger partial charge in [-0.3, -0.25) is 10.1 Å². The Bertz CT molecular complexity index is 264. The standard InChI is InChI=1S/C8H13N3O2/c1-3-5(2)8(4-9)6(12)10-7(13)11-8/h3,5H,1,4,9H2,2H3,(H2,10,11,12,13). The largest absolute Gasteiger partial charge is 0.328 e. The number of hydrogen-bond acceptors (Lipinski definition) is 3. The highest BCUT2D eigenvalue weighted by Gasteiger charge is 2.48. The van der Waals surface area contributed by atoms with E-state index < -0.39 is 11.6 Å². The van der Waals surface area contributed by atoms with E-state index in [4.69, 9.17) is 5.73 Å². The van der Waals surface area contributed by atoms with Crippen molar-refractivity contribution in [1.82, 2.24) is 10.6 Å². The van der Waals surface area contributed by atoms with Gasteiger partial charge in [-0.05, 0) is 0 Å². The second-order valence-electron chi connectivity index (χ2n) is 3.11. The fourth-order valence-electron chi connectivity index (χ4n) is 1.36. The summed E-state index contributed by atoms with van der Waals surface area (Å²) in [5.74, 6) is -0.573. The molecule has 72 valence electrons.